The Morgan fingerprint density at radius 2 is 2.04 bits per heavy atom. The molecule has 0 amide bonds. The number of nitrogens with zero attached hydrogens (tertiary/aromatic N) is 2. The Labute approximate surface area is 179 Å². The third-order valence-electron chi connectivity index (χ3n) is 4.83. The summed E-state index contributed by atoms with van der Waals surface area (Å²) in [5.41, 5.74) is 1.39. The van der Waals surface area contributed by atoms with Gasteiger partial charge in [-0.1, -0.05) is 30.5 Å². The van der Waals surface area contributed by atoms with E-state index in [4.69, 9.17) is 16.3 Å². The molecular weight excluding hydrogens is 463 g/mol. The van der Waals surface area contributed by atoms with E-state index in [0.717, 1.165) is 44.2 Å². The number of aliphatic imine (C=N–C) groups is 1. The quantitative estimate of drug-likeness (QED) is 0.176. The Morgan fingerprint density at radius 3 is 2.65 bits per heavy atom. The molecule has 0 bridgehead atoms. The largest absolute Gasteiger partial charge is 0.382 e. The van der Waals surface area contributed by atoms with Gasteiger partial charge in [-0.3, -0.25) is 0 Å². The lowest BCUT2D eigenvalue weighted by Crippen LogP contribution is -2.43. The number of aromatic nitrogens is 1. The summed E-state index contributed by atoms with van der Waals surface area (Å²) in [4.78, 5) is 8.79. The molecule has 1 heterocycles. The first-order valence-electron chi connectivity index (χ1n) is 9.38. The number of nitrogens with one attached hydrogen (secondary N) is 2. The average Bonchev–Trinajstić information content (AvgIpc) is 3.08. The first kappa shape index (κ1) is 23.4. The highest BCUT2D eigenvalue weighted by atomic mass is 127. The molecule has 1 aromatic rings. The van der Waals surface area contributed by atoms with E-state index >= 15 is 0 Å². The summed E-state index contributed by atoms with van der Waals surface area (Å²) in [5, 5.41) is 7.39. The topological polar surface area (TPSA) is 58.5 Å². The van der Waals surface area contributed by atoms with Gasteiger partial charge in [-0.15, -0.1) is 24.0 Å². The molecule has 1 saturated carbocycles. The number of halogens is 2. The zero-order chi connectivity index (χ0) is 18.0. The highest BCUT2D eigenvalue weighted by Crippen LogP contribution is 2.40. The van der Waals surface area contributed by atoms with Crippen LogP contribution < -0.4 is 10.6 Å². The van der Waals surface area contributed by atoms with Crippen LogP contribution in [0.1, 0.15) is 51.5 Å². The van der Waals surface area contributed by atoms with Gasteiger partial charge in [0.25, 0.3) is 0 Å². The normalized spacial score (nSPS) is 16.2. The SMILES string of the molecule is CCNC(=NCc1ccc(Cl)nc1)NCC1(CCOCC)CCCC1.I. The lowest BCUT2D eigenvalue weighted by atomic mass is 9.83. The van der Waals surface area contributed by atoms with Crippen LogP contribution in [0, 0.1) is 5.41 Å². The van der Waals surface area contributed by atoms with E-state index in [1.165, 1.54) is 25.7 Å². The molecule has 0 radical (unpaired) electrons. The van der Waals surface area contributed by atoms with Crippen molar-refractivity contribution < 1.29 is 4.74 Å². The van der Waals surface area contributed by atoms with Crippen LogP contribution in [0.15, 0.2) is 23.3 Å². The van der Waals surface area contributed by atoms with Crippen molar-refractivity contribution in [3.8, 4) is 0 Å². The van der Waals surface area contributed by atoms with E-state index in [0.29, 0.717) is 17.1 Å². The third kappa shape index (κ3) is 7.96. The number of rotatable bonds is 9. The van der Waals surface area contributed by atoms with Gasteiger partial charge < -0.3 is 15.4 Å². The van der Waals surface area contributed by atoms with Crippen molar-refractivity contribution in [2.75, 3.05) is 26.3 Å². The molecule has 2 rings (SSSR count). The predicted octanol–water partition coefficient (Wildman–Crippen LogP) is 4.40. The fourth-order valence-electron chi connectivity index (χ4n) is 3.36. The molecule has 0 aromatic carbocycles. The molecular formula is C19H32ClIN4O. The van der Waals surface area contributed by atoms with Crippen LogP contribution in [0.2, 0.25) is 5.15 Å². The summed E-state index contributed by atoms with van der Waals surface area (Å²) in [7, 11) is 0. The maximum absolute atomic E-state index is 5.83. The van der Waals surface area contributed by atoms with Gasteiger partial charge in [-0.2, -0.15) is 0 Å². The van der Waals surface area contributed by atoms with Crippen molar-refractivity contribution in [1.82, 2.24) is 15.6 Å². The summed E-state index contributed by atoms with van der Waals surface area (Å²) in [6.07, 6.45) is 8.07. The van der Waals surface area contributed by atoms with E-state index in [2.05, 4.69) is 34.5 Å². The van der Waals surface area contributed by atoms with Crippen molar-refractivity contribution >= 4 is 41.5 Å². The molecule has 148 valence electrons. The Balaban J connectivity index is 0.00000338. The molecule has 0 unspecified atom stereocenters. The van der Waals surface area contributed by atoms with Crippen LogP contribution in [0.3, 0.4) is 0 Å². The smallest absolute Gasteiger partial charge is 0.191 e. The average molecular weight is 495 g/mol. The Bertz CT molecular complexity index is 533. The second-order valence-electron chi connectivity index (χ2n) is 6.69. The van der Waals surface area contributed by atoms with Crippen molar-refractivity contribution in [3.63, 3.8) is 0 Å². The van der Waals surface area contributed by atoms with E-state index in [9.17, 15) is 0 Å². The van der Waals surface area contributed by atoms with Gasteiger partial charge in [0, 0.05) is 32.5 Å². The third-order valence-corrected chi connectivity index (χ3v) is 5.05. The Hall–Kier alpha value is -0.600. The second kappa shape index (κ2) is 12.7. The Morgan fingerprint density at radius 1 is 1.27 bits per heavy atom. The molecule has 26 heavy (non-hydrogen) atoms. The van der Waals surface area contributed by atoms with E-state index in [1.807, 2.05) is 6.07 Å². The highest BCUT2D eigenvalue weighted by Gasteiger charge is 2.33. The van der Waals surface area contributed by atoms with Crippen molar-refractivity contribution in [2.24, 2.45) is 10.4 Å². The van der Waals surface area contributed by atoms with E-state index in [1.54, 1.807) is 12.3 Å². The minimum absolute atomic E-state index is 0. The molecule has 7 heteroatoms. The predicted molar refractivity (Wildman–Crippen MR) is 119 cm³/mol. The highest BCUT2D eigenvalue weighted by molar-refractivity contribution is 14.0. The van der Waals surface area contributed by atoms with Crippen LogP contribution >= 0.6 is 35.6 Å². The van der Waals surface area contributed by atoms with E-state index in [-0.39, 0.29) is 24.0 Å². The Kier molecular flexibility index (Phi) is 11.5. The minimum Gasteiger partial charge on any atom is -0.382 e. The summed E-state index contributed by atoms with van der Waals surface area (Å²) >= 11 is 5.83. The molecule has 0 atom stereocenters. The molecule has 1 fully saturated rings. The first-order chi connectivity index (χ1) is 12.2. The minimum atomic E-state index is 0. The number of ether oxygens (including phenoxy) is 1. The monoisotopic (exact) mass is 494 g/mol. The molecule has 0 aliphatic heterocycles. The van der Waals surface area contributed by atoms with Crippen LogP contribution in [-0.4, -0.2) is 37.2 Å². The molecule has 0 spiro atoms. The molecule has 0 saturated heterocycles. The van der Waals surface area contributed by atoms with Crippen molar-refractivity contribution in [2.45, 2.75) is 52.5 Å². The maximum atomic E-state index is 5.83. The lowest BCUT2D eigenvalue weighted by Gasteiger charge is -2.30. The number of hydrogen-bond acceptors (Lipinski definition) is 3. The van der Waals surface area contributed by atoms with Gasteiger partial charge in [0.05, 0.1) is 6.54 Å². The van der Waals surface area contributed by atoms with Crippen LogP contribution in [0.5, 0.6) is 0 Å². The molecule has 5 nitrogen and oxygen atoms in total. The van der Waals surface area contributed by atoms with Gasteiger partial charge in [-0.25, -0.2) is 9.98 Å². The summed E-state index contributed by atoms with van der Waals surface area (Å²) in [6, 6.07) is 3.76. The molecule has 2 N–H and O–H groups in total. The first-order valence-corrected chi connectivity index (χ1v) is 9.75. The van der Waals surface area contributed by atoms with Gasteiger partial charge >= 0.3 is 0 Å². The van der Waals surface area contributed by atoms with Gasteiger partial charge in [0.2, 0.25) is 0 Å². The molecule has 1 aliphatic rings. The fraction of sp³-hybridized carbons (Fsp3) is 0.684. The zero-order valence-electron chi connectivity index (χ0n) is 15.9. The van der Waals surface area contributed by atoms with Gasteiger partial charge in [0.1, 0.15) is 5.15 Å². The molecule has 1 aliphatic carbocycles. The second-order valence-corrected chi connectivity index (χ2v) is 7.08. The number of pyridine rings is 1. The number of hydrogen-bond donors (Lipinski definition) is 2. The van der Waals surface area contributed by atoms with Crippen molar-refractivity contribution in [1.29, 1.82) is 0 Å². The fourth-order valence-corrected chi connectivity index (χ4v) is 3.47. The van der Waals surface area contributed by atoms with E-state index < -0.39 is 0 Å². The lowest BCUT2D eigenvalue weighted by molar-refractivity contribution is 0.105. The summed E-state index contributed by atoms with van der Waals surface area (Å²) in [6.45, 7) is 8.17. The maximum Gasteiger partial charge on any atom is 0.191 e. The van der Waals surface area contributed by atoms with Gasteiger partial charge in [0.15, 0.2) is 5.96 Å². The van der Waals surface area contributed by atoms with Crippen LogP contribution in [-0.2, 0) is 11.3 Å². The molecule has 1 aromatic heterocycles. The summed E-state index contributed by atoms with van der Waals surface area (Å²) in [5.74, 6) is 0.861. The zero-order valence-corrected chi connectivity index (χ0v) is 19.0. The standard InChI is InChI=1S/C19H31ClN4O.HI/c1-3-21-18(23-14-16-7-8-17(20)22-13-16)24-15-19(9-5-6-10-19)11-12-25-4-2;/h7-8,13H,3-6,9-12,14-15H2,1-2H3,(H2,21,23,24);1H. The van der Waals surface area contributed by atoms with Crippen LogP contribution in [0.4, 0.5) is 0 Å². The van der Waals surface area contributed by atoms with Crippen molar-refractivity contribution in [3.05, 3.63) is 29.0 Å². The van der Waals surface area contributed by atoms with Gasteiger partial charge in [-0.05, 0) is 50.2 Å². The summed E-state index contributed by atoms with van der Waals surface area (Å²) < 4.78 is 5.60. The van der Waals surface area contributed by atoms with Crippen LogP contribution in [0.25, 0.3) is 0 Å². The number of guanidine groups is 1.